The Hall–Kier alpha value is -1.04. The van der Waals surface area contributed by atoms with Gasteiger partial charge in [0, 0.05) is 23.5 Å². The standard InChI is InChI=1S/C14H18N2O2S/c17-14(10-1-3-11(19)4-2-10)16-7-8-18-13-5-6-15-9-12(13)16/h1-4,12-13,15,19H,5-9H2. The van der Waals surface area contributed by atoms with Crippen LogP contribution in [0.15, 0.2) is 29.2 Å². The van der Waals surface area contributed by atoms with Gasteiger partial charge in [0.15, 0.2) is 0 Å². The van der Waals surface area contributed by atoms with E-state index in [4.69, 9.17) is 4.74 Å². The third-order valence-electron chi connectivity index (χ3n) is 3.83. The van der Waals surface area contributed by atoms with Gasteiger partial charge in [-0.15, -0.1) is 12.6 Å². The summed E-state index contributed by atoms with van der Waals surface area (Å²) in [5.41, 5.74) is 0.726. The molecule has 4 nitrogen and oxygen atoms in total. The number of carbonyl (C=O) groups is 1. The minimum Gasteiger partial charge on any atom is -0.374 e. The summed E-state index contributed by atoms with van der Waals surface area (Å²) in [5.74, 6) is 0.0929. The molecule has 5 heteroatoms. The van der Waals surface area contributed by atoms with Crippen LogP contribution in [0.5, 0.6) is 0 Å². The summed E-state index contributed by atoms with van der Waals surface area (Å²) in [5, 5.41) is 3.34. The topological polar surface area (TPSA) is 41.6 Å². The van der Waals surface area contributed by atoms with Crippen LogP contribution in [0, 0.1) is 0 Å². The molecule has 2 aliphatic rings. The predicted octanol–water partition coefficient (Wildman–Crippen LogP) is 1.18. The van der Waals surface area contributed by atoms with Gasteiger partial charge in [-0.05, 0) is 37.2 Å². The number of hydrogen-bond acceptors (Lipinski definition) is 4. The normalized spacial score (nSPS) is 26.9. The number of thiol groups is 1. The molecule has 2 atom stereocenters. The van der Waals surface area contributed by atoms with Crippen LogP contribution in [0.25, 0.3) is 0 Å². The highest BCUT2D eigenvalue weighted by molar-refractivity contribution is 7.80. The molecular weight excluding hydrogens is 260 g/mol. The number of nitrogens with one attached hydrogen (secondary N) is 1. The molecular formula is C14H18N2O2S. The molecule has 0 aliphatic carbocycles. The molecule has 1 aromatic rings. The lowest BCUT2D eigenvalue weighted by molar-refractivity contribution is -0.0699. The zero-order valence-electron chi connectivity index (χ0n) is 10.7. The van der Waals surface area contributed by atoms with Crippen LogP contribution in [0.3, 0.4) is 0 Å². The SMILES string of the molecule is O=C(c1ccc(S)cc1)N1CCOC2CCNCC21. The molecule has 2 unspecified atom stereocenters. The number of carbonyl (C=O) groups excluding carboxylic acids is 1. The van der Waals surface area contributed by atoms with E-state index < -0.39 is 0 Å². The molecule has 2 heterocycles. The second-order valence-electron chi connectivity index (χ2n) is 5.01. The average molecular weight is 278 g/mol. The Morgan fingerprint density at radius 3 is 2.95 bits per heavy atom. The zero-order chi connectivity index (χ0) is 13.2. The van der Waals surface area contributed by atoms with Crippen molar-refractivity contribution in [2.75, 3.05) is 26.2 Å². The number of fused-ring (bicyclic) bond motifs is 1. The highest BCUT2D eigenvalue weighted by Crippen LogP contribution is 2.21. The number of rotatable bonds is 1. The Bertz CT molecular complexity index is 461. The van der Waals surface area contributed by atoms with Gasteiger partial charge in [0.1, 0.15) is 0 Å². The predicted molar refractivity (Wildman–Crippen MR) is 75.7 cm³/mol. The van der Waals surface area contributed by atoms with E-state index in [1.807, 2.05) is 29.2 Å². The zero-order valence-corrected chi connectivity index (χ0v) is 11.6. The van der Waals surface area contributed by atoms with Gasteiger partial charge in [-0.25, -0.2) is 0 Å². The minimum absolute atomic E-state index is 0.0929. The van der Waals surface area contributed by atoms with Crippen molar-refractivity contribution >= 4 is 18.5 Å². The molecule has 3 rings (SSSR count). The van der Waals surface area contributed by atoms with Crippen molar-refractivity contribution in [1.29, 1.82) is 0 Å². The van der Waals surface area contributed by atoms with Gasteiger partial charge < -0.3 is 15.0 Å². The van der Waals surface area contributed by atoms with E-state index in [9.17, 15) is 4.79 Å². The van der Waals surface area contributed by atoms with Crippen LogP contribution in [0.1, 0.15) is 16.8 Å². The lowest BCUT2D eigenvalue weighted by atomic mass is 9.99. The molecule has 102 valence electrons. The van der Waals surface area contributed by atoms with Crippen LogP contribution >= 0.6 is 12.6 Å². The quantitative estimate of drug-likeness (QED) is 0.758. The van der Waals surface area contributed by atoms with E-state index in [0.29, 0.717) is 13.2 Å². The average Bonchev–Trinajstić information content (AvgIpc) is 2.47. The Labute approximate surface area is 118 Å². The molecule has 0 aromatic heterocycles. The van der Waals surface area contributed by atoms with E-state index >= 15 is 0 Å². The lowest BCUT2D eigenvalue weighted by Crippen LogP contribution is -2.60. The summed E-state index contributed by atoms with van der Waals surface area (Å²) in [4.78, 5) is 15.4. The third kappa shape index (κ3) is 2.63. The first-order chi connectivity index (χ1) is 9.25. The Kier molecular flexibility index (Phi) is 3.77. The first-order valence-corrected chi connectivity index (χ1v) is 7.13. The van der Waals surface area contributed by atoms with Gasteiger partial charge in [-0.1, -0.05) is 0 Å². The fraction of sp³-hybridized carbons (Fsp3) is 0.500. The van der Waals surface area contributed by atoms with Crippen molar-refractivity contribution < 1.29 is 9.53 Å². The number of morpholine rings is 1. The molecule has 2 saturated heterocycles. The Balaban J connectivity index is 1.79. The van der Waals surface area contributed by atoms with E-state index in [0.717, 1.165) is 30.0 Å². The fourth-order valence-corrected chi connectivity index (χ4v) is 2.96. The van der Waals surface area contributed by atoms with Crippen molar-refractivity contribution in [3.63, 3.8) is 0 Å². The molecule has 1 N–H and O–H groups in total. The van der Waals surface area contributed by atoms with E-state index in [2.05, 4.69) is 17.9 Å². The monoisotopic (exact) mass is 278 g/mol. The van der Waals surface area contributed by atoms with E-state index in [1.165, 1.54) is 0 Å². The first kappa shape index (κ1) is 13.0. The molecule has 0 radical (unpaired) electrons. The number of piperidine rings is 1. The largest absolute Gasteiger partial charge is 0.374 e. The molecule has 1 aromatic carbocycles. The van der Waals surface area contributed by atoms with Gasteiger partial charge in [0.25, 0.3) is 5.91 Å². The molecule has 19 heavy (non-hydrogen) atoms. The smallest absolute Gasteiger partial charge is 0.254 e. The van der Waals surface area contributed by atoms with Crippen LogP contribution in [0.4, 0.5) is 0 Å². The summed E-state index contributed by atoms with van der Waals surface area (Å²) in [6.45, 7) is 3.10. The van der Waals surface area contributed by atoms with Crippen LogP contribution in [0.2, 0.25) is 0 Å². The van der Waals surface area contributed by atoms with Crippen molar-refractivity contribution in [2.45, 2.75) is 23.5 Å². The number of hydrogen-bond donors (Lipinski definition) is 2. The minimum atomic E-state index is 0.0929. The summed E-state index contributed by atoms with van der Waals surface area (Å²) < 4.78 is 5.77. The second-order valence-corrected chi connectivity index (χ2v) is 5.53. The summed E-state index contributed by atoms with van der Waals surface area (Å²) in [6.07, 6.45) is 1.16. The van der Waals surface area contributed by atoms with Gasteiger partial charge in [0.05, 0.1) is 18.8 Å². The highest BCUT2D eigenvalue weighted by atomic mass is 32.1. The molecule has 0 saturated carbocycles. The van der Waals surface area contributed by atoms with Gasteiger partial charge >= 0.3 is 0 Å². The summed E-state index contributed by atoms with van der Waals surface area (Å²) in [7, 11) is 0. The molecule has 1 amide bonds. The molecule has 2 aliphatic heterocycles. The van der Waals surface area contributed by atoms with Crippen LogP contribution < -0.4 is 5.32 Å². The van der Waals surface area contributed by atoms with E-state index in [1.54, 1.807) is 0 Å². The van der Waals surface area contributed by atoms with Crippen LogP contribution in [-0.4, -0.2) is 49.2 Å². The molecule has 2 fully saturated rings. The second kappa shape index (κ2) is 5.53. The number of ether oxygens (including phenoxy) is 1. The number of nitrogens with zero attached hydrogens (tertiary/aromatic N) is 1. The fourth-order valence-electron chi connectivity index (χ4n) is 2.81. The summed E-state index contributed by atoms with van der Waals surface area (Å²) in [6, 6.07) is 7.54. The van der Waals surface area contributed by atoms with E-state index in [-0.39, 0.29) is 18.1 Å². The highest BCUT2D eigenvalue weighted by Gasteiger charge is 2.36. The summed E-state index contributed by atoms with van der Waals surface area (Å²) >= 11 is 4.25. The maximum absolute atomic E-state index is 12.6. The van der Waals surface area contributed by atoms with Crippen molar-refractivity contribution in [3.8, 4) is 0 Å². The van der Waals surface area contributed by atoms with Crippen LogP contribution in [-0.2, 0) is 4.74 Å². The van der Waals surface area contributed by atoms with Crippen molar-refractivity contribution in [2.24, 2.45) is 0 Å². The molecule has 0 bridgehead atoms. The van der Waals surface area contributed by atoms with Gasteiger partial charge in [-0.2, -0.15) is 0 Å². The number of amides is 1. The first-order valence-electron chi connectivity index (χ1n) is 6.68. The maximum Gasteiger partial charge on any atom is 0.254 e. The molecule has 0 spiro atoms. The lowest BCUT2D eigenvalue weighted by Gasteiger charge is -2.44. The third-order valence-corrected chi connectivity index (χ3v) is 4.13. The maximum atomic E-state index is 12.6. The van der Waals surface area contributed by atoms with Gasteiger partial charge in [-0.3, -0.25) is 4.79 Å². The Morgan fingerprint density at radius 1 is 1.37 bits per heavy atom. The van der Waals surface area contributed by atoms with Crippen molar-refractivity contribution in [1.82, 2.24) is 10.2 Å². The number of benzene rings is 1. The van der Waals surface area contributed by atoms with Gasteiger partial charge in [0.2, 0.25) is 0 Å². The Morgan fingerprint density at radius 2 is 2.16 bits per heavy atom. The van der Waals surface area contributed by atoms with Crippen molar-refractivity contribution in [3.05, 3.63) is 29.8 Å².